The Morgan fingerprint density at radius 1 is 1.15 bits per heavy atom. The number of nitrogens with one attached hydrogen (secondary N) is 1. The average molecular weight is 366 g/mol. The number of hydrogen-bond donors (Lipinski definition) is 2. The van der Waals surface area contributed by atoms with E-state index >= 15 is 0 Å². The van der Waals surface area contributed by atoms with E-state index in [1.807, 2.05) is 24.3 Å². The molecule has 2 aromatic heterocycles. The van der Waals surface area contributed by atoms with Gasteiger partial charge < -0.3 is 15.2 Å². The maximum Gasteiger partial charge on any atom is 0.251 e. The third kappa shape index (κ3) is 3.64. The van der Waals surface area contributed by atoms with Gasteiger partial charge in [0.1, 0.15) is 6.10 Å². The van der Waals surface area contributed by atoms with Gasteiger partial charge in [0.2, 0.25) is 5.88 Å². The van der Waals surface area contributed by atoms with Crippen molar-refractivity contribution in [2.45, 2.75) is 37.9 Å². The van der Waals surface area contributed by atoms with Gasteiger partial charge in [-0.15, -0.1) is 5.10 Å². The molecule has 0 radical (unpaired) electrons. The topological polar surface area (TPSA) is 88.8 Å². The van der Waals surface area contributed by atoms with Crippen LogP contribution in [0.5, 0.6) is 5.88 Å². The van der Waals surface area contributed by atoms with Crippen LogP contribution in [-0.2, 0) is 0 Å². The van der Waals surface area contributed by atoms with Gasteiger partial charge in [-0.3, -0.25) is 4.79 Å². The zero-order chi connectivity index (χ0) is 18.8. The van der Waals surface area contributed by atoms with Gasteiger partial charge in [-0.25, -0.2) is 9.50 Å². The third-order valence-electron chi connectivity index (χ3n) is 4.94. The zero-order valence-corrected chi connectivity index (χ0v) is 15.1. The van der Waals surface area contributed by atoms with Crippen LogP contribution in [0.4, 0.5) is 0 Å². The quantitative estimate of drug-likeness (QED) is 0.740. The van der Waals surface area contributed by atoms with Crippen molar-refractivity contribution in [1.29, 1.82) is 0 Å². The van der Waals surface area contributed by atoms with E-state index < -0.39 is 0 Å². The monoisotopic (exact) mass is 366 g/mol. The maximum atomic E-state index is 11.7. The summed E-state index contributed by atoms with van der Waals surface area (Å²) < 4.78 is 7.77. The maximum absolute atomic E-state index is 11.7. The molecular formula is C20H22N4O3. The Labute approximate surface area is 157 Å². The van der Waals surface area contributed by atoms with Crippen LogP contribution in [0.2, 0.25) is 0 Å². The Morgan fingerprint density at radius 2 is 1.89 bits per heavy atom. The lowest BCUT2D eigenvalue weighted by atomic mass is 9.95. The average Bonchev–Trinajstić information content (AvgIpc) is 3.12. The summed E-state index contributed by atoms with van der Waals surface area (Å²) in [5.41, 5.74) is 3.08. The molecular weight excluding hydrogens is 344 g/mol. The van der Waals surface area contributed by atoms with E-state index in [1.54, 1.807) is 29.9 Å². The second kappa shape index (κ2) is 7.36. The first-order valence-electron chi connectivity index (χ1n) is 9.16. The van der Waals surface area contributed by atoms with E-state index in [4.69, 9.17) is 4.74 Å². The molecule has 2 heterocycles. The van der Waals surface area contributed by atoms with Crippen LogP contribution < -0.4 is 10.1 Å². The predicted molar refractivity (Wildman–Crippen MR) is 101 cm³/mol. The van der Waals surface area contributed by atoms with Crippen molar-refractivity contribution in [1.82, 2.24) is 19.9 Å². The number of aliphatic hydroxyl groups excluding tert-OH is 1. The minimum absolute atomic E-state index is 0.0807. The van der Waals surface area contributed by atoms with Crippen molar-refractivity contribution in [3.8, 4) is 17.1 Å². The smallest absolute Gasteiger partial charge is 0.251 e. The molecule has 0 spiro atoms. The molecule has 0 aliphatic heterocycles. The van der Waals surface area contributed by atoms with Crippen molar-refractivity contribution in [2.75, 3.05) is 7.05 Å². The summed E-state index contributed by atoms with van der Waals surface area (Å²) in [7, 11) is 1.61. The summed E-state index contributed by atoms with van der Waals surface area (Å²) in [5.74, 6) is 0.427. The Balaban J connectivity index is 1.59. The molecule has 1 aliphatic carbocycles. The number of rotatable bonds is 4. The third-order valence-corrected chi connectivity index (χ3v) is 4.94. The minimum atomic E-state index is -0.210. The first kappa shape index (κ1) is 17.5. The molecule has 7 nitrogen and oxygen atoms in total. The van der Waals surface area contributed by atoms with Crippen LogP contribution >= 0.6 is 0 Å². The summed E-state index contributed by atoms with van der Waals surface area (Å²) in [6, 6.07) is 11.0. The first-order chi connectivity index (χ1) is 13.1. The first-order valence-corrected chi connectivity index (χ1v) is 9.16. The highest BCUT2D eigenvalue weighted by Gasteiger charge is 2.21. The summed E-state index contributed by atoms with van der Waals surface area (Å²) in [5, 5.41) is 16.8. The molecule has 2 N–H and O–H groups in total. The fourth-order valence-electron chi connectivity index (χ4n) is 3.39. The van der Waals surface area contributed by atoms with E-state index in [0.29, 0.717) is 11.4 Å². The van der Waals surface area contributed by atoms with E-state index in [2.05, 4.69) is 15.4 Å². The molecule has 0 atom stereocenters. The van der Waals surface area contributed by atoms with Crippen molar-refractivity contribution in [2.24, 2.45) is 0 Å². The summed E-state index contributed by atoms with van der Waals surface area (Å²) in [6.45, 7) is 0. The van der Waals surface area contributed by atoms with E-state index in [9.17, 15) is 9.90 Å². The van der Waals surface area contributed by atoms with Crippen molar-refractivity contribution >= 4 is 11.6 Å². The molecule has 0 saturated heterocycles. The Kier molecular flexibility index (Phi) is 4.77. The number of hydrogen-bond acceptors (Lipinski definition) is 5. The van der Waals surface area contributed by atoms with Gasteiger partial charge in [0, 0.05) is 24.2 Å². The van der Waals surface area contributed by atoms with Gasteiger partial charge in [-0.1, -0.05) is 12.1 Å². The summed E-state index contributed by atoms with van der Waals surface area (Å²) in [6.07, 6.45) is 4.83. The molecule has 1 amide bonds. The van der Waals surface area contributed by atoms with Crippen LogP contribution in [-0.4, -0.2) is 44.9 Å². The highest BCUT2D eigenvalue weighted by molar-refractivity contribution is 5.94. The van der Waals surface area contributed by atoms with Gasteiger partial charge in [0.15, 0.2) is 5.65 Å². The number of imidazole rings is 1. The highest BCUT2D eigenvalue weighted by atomic mass is 16.5. The SMILES string of the molecule is CNC(=O)c1ccc(-c2cnc3ccc(O[C@H]4CC[C@H](O)CC4)nn23)cc1. The number of nitrogens with zero attached hydrogens (tertiary/aromatic N) is 3. The molecule has 1 aromatic carbocycles. The zero-order valence-electron chi connectivity index (χ0n) is 15.1. The molecule has 3 aromatic rings. The van der Waals surface area contributed by atoms with Crippen LogP contribution in [0.15, 0.2) is 42.6 Å². The molecule has 140 valence electrons. The fraction of sp³-hybridized carbons (Fsp3) is 0.350. The number of aliphatic hydroxyl groups is 1. The van der Waals surface area contributed by atoms with Gasteiger partial charge in [-0.2, -0.15) is 0 Å². The molecule has 1 aliphatic rings. The molecule has 1 fully saturated rings. The van der Waals surface area contributed by atoms with Crippen LogP contribution in [0.1, 0.15) is 36.0 Å². The van der Waals surface area contributed by atoms with Gasteiger partial charge in [0.25, 0.3) is 5.91 Å². The number of aromatic nitrogens is 3. The van der Waals surface area contributed by atoms with Crippen LogP contribution in [0.3, 0.4) is 0 Å². The predicted octanol–water partition coefficient (Wildman–Crippen LogP) is 2.44. The summed E-state index contributed by atoms with van der Waals surface area (Å²) in [4.78, 5) is 16.1. The molecule has 7 heteroatoms. The second-order valence-corrected chi connectivity index (χ2v) is 6.79. The molecule has 4 rings (SSSR count). The number of carbonyl (C=O) groups is 1. The van der Waals surface area contributed by atoms with Crippen molar-refractivity contribution in [3.05, 3.63) is 48.2 Å². The molecule has 1 saturated carbocycles. The van der Waals surface area contributed by atoms with Gasteiger partial charge >= 0.3 is 0 Å². The number of ether oxygens (including phenoxy) is 1. The molecule has 0 bridgehead atoms. The van der Waals surface area contributed by atoms with E-state index in [-0.39, 0.29) is 18.1 Å². The number of amides is 1. The molecule has 27 heavy (non-hydrogen) atoms. The second-order valence-electron chi connectivity index (χ2n) is 6.79. The summed E-state index contributed by atoms with van der Waals surface area (Å²) >= 11 is 0. The number of carbonyl (C=O) groups excluding carboxylic acids is 1. The van der Waals surface area contributed by atoms with Crippen LogP contribution in [0.25, 0.3) is 16.9 Å². The Hall–Kier alpha value is -2.93. The lowest BCUT2D eigenvalue weighted by Crippen LogP contribution is -2.26. The standard InChI is InChI=1S/C20H22N4O3/c1-21-20(26)14-4-2-13(3-5-14)17-12-22-18-10-11-19(23-24(17)18)27-16-8-6-15(25)7-9-16/h2-5,10-12,15-16,25H,6-9H2,1H3,(H,21,26)/t15-,16-. The molecule has 0 unspecified atom stereocenters. The number of benzene rings is 1. The van der Waals surface area contributed by atoms with Gasteiger partial charge in [0.05, 0.1) is 18.0 Å². The highest BCUT2D eigenvalue weighted by Crippen LogP contribution is 2.25. The van der Waals surface area contributed by atoms with Crippen LogP contribution in [0, 0.1) is 0 Å². The fourth-order valence-corrected chi connectivity index (χ4v) is 3.39. The van der Waals surface area contributed by atoms with Gasteiger partial charge in [-0.05, 0) is 43.9 Å². The van der Waals surface area contributed by atoms with Crippen molar-refractivity contribution < 1.29 is 14.6 Å². The Bertz CT molecular complexity index is 944. The largest absolute Gasteiger partial charge is 0.473 e. The Morgan fingerprint density at radius 3 is 2.59 bits per heavy atom. The normalized spacial score (nSPS) is 19.8. The van der Waals surface area contributed by atoms with E-state index in [1.165, 1.54) is 0 Å². The lowest BCUT2D eigenvalue weighted by Gasteiger charge is -2.25. The minimum Gasteiger partial charge on any atom is -0.473 e. The van der Waals surface area contributed by atoms with E-state index in [0.717, 1.165) is 42.6 Å². The number of fused-ring (bicyclic) bond motifs is 1. The lowest BCUT2D eigenvalue weighted by molar-refractivity contribution is 0.0637. The van der Waals surface area contributed by atoms with Crippen molar-refractivity contribution in [3.63, 3.8) is 0 Å².